The van der Waals surface area contributed by atoms with Crippen LogP contribution in [0.3, 0.4) is 0 Å². The Kier molecular flexibility index (Phi) is 5.15. The first-order valence-corrected chi connectivity index (χ1v) is 6.82. The highest BCUT2D eigenvalue weighted by Crippen LogP contribution is 2.26. The van der Waals surface area contributed by atoms with E-state index in [4.69, 9.17) is 0 Å². The lowest BCUT2D eigenvalue weighted by Gasteiger charge is -2.22. The molecule has 0 aliphatic carbocycles. The van der Waals surface area contributed by atoms with Crippen molar-refractivity contribution in [1.29, 1.82) is 0 Å². The fourth-order valence-electron chi connectivity index (χ4n) is 2.04. The van der Waals surface area contributed by atoms with E-state index in [9.17, 15) is 0 Å². The number of benzene rings is 1. The highest BCUT2D eigenvalue weighted by atomic mass is 14.9. The van der Waals surface area contributed by atoms with Gasteiger partial charge in [0.25, 0.3) is 0 Å². The molecule has 1 nitrogen and oxygen atoms in total. The minimum Gasteiger partial charge on any atom is -0.313 e. The second-order valence-corrected chi connectivity index (χ2v) is 6.02. The molecule has 1 rings (SSSR count). The predicted octanol–water partition coefficient (Wildman–Crippen LogP) is 4.60. The maximum Gasteiger partial charge on any atom is 0.0355 e. The largest absolute Gasteiger partial charge is 0.313 e. The predicted molar refractivity (Wildman–Crippen MR) is 81.0 cm³/mol. The van der Waals surface area contributed by atoms with Gasteiger partial charge in [-0.3, -0.25) is 0 Å². The van der Waals surface area contributed by atoms with Gasteiger partial charge >= 0.3 is 0 Å². The van der Waals surface area contributed by atoms with E-state index in [0.29, 0.717) is 6.04 Å². The summed E-state index contributed by atoms with van der Waals surface area (Å²) in [5.74, 6) is 0. The Balaban J connectivity index is 2.85. The summed E-state index contributed by atoms with van der Waals surface area (Å²) >= 11 is 0. The summed E-state index contributed by atoms with van der Waals surface area (Å²) in [6.45, 7) is 13.0. The van der Waals surface area contributed by atoms with Crippen LogP contribution in [0.25, 0.3) is 0 Å². The molecule has 1 aromatic rings. The smallest absolute Gasteiger partial charge is 0.0355 e. The normalized spacial score (nSPS) is 13.4. The maximum absolute atomic E-state index is 4.10. The summed E-state index contributed by atoms with van der Waals surface area (Å²) in [6, 6.07) is 9.35. The van der Waals surface area contributed by atoms with E-state index >= 15 is 0 Å². The average Bonchev–Trinajstić information content (AvgIpc) is 2.34. The van der Waals surface area contributed by atoms with Crippen molar-refractivity contribution in [3.63, 3.8) is 0 Å². The van der Waals surface area contributed by atoms with Crippen molar-refractivity contribution >= 4 is 0 Å². The number of rotatable bonds is 5. The molecule has 100 valence electrons. The lowest BCUT2D eigenvalue weighted by Crippen LogP contribution is -2.17. The maximum atomic E-state index is 4.10. The van der Waals surface area contributed by atoms with Gasteiger partial charge in [0.05, 0.1) is 0 Å². The molecule has 0 saturated carbocycles. The molecule has 0 aliphatic rings. The molecular weight excluding hydrogens is 218 g/mol. The summed E-state index contributed by atoms with van der Waals surface area (Å²) in [5.41, 5.74) is 4.26. The first kappa shape index (κ1) is 15.0. The lowest BCUT2D eigenvalue weighted by molar-refractivity contribution is 0.575. The molecule has 1 heteroatoms. The standard InChI is InChI=1S/C17H27N/c1-7-13(2)12-16(18-6)14-8-10-15(11-9-14)17(3,4)5/h8-11,16,18H,2,7,12H2,1,3-6H3. The van der Waals surface area contributed by atoms with Gasteiger partial charge in [0.15, 0.2) is 0 Å². The minimum absolute atomic E-state index is 0.223. The Labute approximate surface area is 112 Å². The molecule has 0 aliphatic heterocycles. The Morgan fingerprint density at radius 1 is 1.22 bits per heavy atom. The van der Waals surface area contributed by atoms with Crippen LogP contribution in [0.4, 0.5) is 0 Å². The third-order valence-corrected chi connectivity index (χ3v) is 3.52. The van der Waals surface area contributed by atoms with Crippen LogP contribution in [0.2, 0.25) is 0 Å². The number of hydrogen-bond acceptors (Lipinski definition) is 1. The molecule has 1 unspecified atom stereocenters. The van der Waals surface area contributed by atoms with E-state index in [0.717, 1.165) is 12.8 Å². The van der Waals surface area contributed by atoms with Crippen molar-refractivity contribution in [1.82, 2.24) is 5.32 Å². The molecule has 1 aromatic carbocycles. The Hall–Kier alpha value is -1.08. The molecule has 0 amide bonds. The highest BCUT2D eigenvalue weighted by molar-refractivity contribution is 5.29. The molecule has 0 fully saturated rings. The summed E-state index contributed by atoms with van der Waals surface area (Å²) < 4.78 is 0. The second kappa shape index (κ2) is 6.19. The quantitative estimate of drug-likeness (QED) is 0.747. The number of nitrogens with one attached hydrogen (secondary N) is 1. The minimum atomic E-state index is 0.223. The molecular formula is C17H27N. The van der Waals surface area contributed by atoms with Crippen LogP contribution in [-0.4, -0.2) is 7.05 Å². The van der Waals surface area contributed by atoms with E-state index in [1.165, 1.54) is 16.7 Å². The van der Waals surface area contributed by atoms with E-state index in [2.05, 4.69) is 63.9 Å². The summed E-state index contributed by atoms with van der Waals surface area (Å²) in [5, 5.41) is 3.38. The van der Waals surface area contributed by atoms with E-state index < -0.39 is 0 Å². The van der Waals surface area contributed by atoms with Gasteiger partial charge in [-0.15, -0.1) is 0 Å². The van der Waals surface area contributed by atoms with Gasteiger partial charge in [-0.25, -0.2) is 0 Å². The number of hydrogen-bond donors (Lipinski definition) is 1. The molecule has 1 atom stereocenters. The lowest BCUT2D eigenvalue weighted by atomic mass is 9.86. The molecule has 1 N–H and O–H groups in total. The first-order chi connectivity index (χ1) is 8.38. The first-order valence-electron chi connectivity index (χ1n) is 6.82. The van der Waals surface area contributed by atoms with Gasteiger partial charge in [0.1, 0.15) is 0 Å². The zero-order chi connectivity index (χ0) is 13.8. The third-order valence-electron chi connectivity index (χ3n) is 3.52. The SMILES string of the molecule is C=C(CC)CC(NC)c1ccc(C(C)(C)C)cc1. The van der Waals surface area contributed by atoms with Gasteiger partial charge in [-0.2, -0.15) is 0 Å². The zero-order valence-corrected chi connectivity index (χ0v) is 12.5. The summed E-state index contributed by atoms with van der Waals surface area (Å²) in [4.78, 5) is 0. The van der Waals surface area contributed by atoms with Crippen molar-refractivity contribution in [3.8, 4) is 0 Å². The van der Waals surface area contributed by atoms with Gasteiger partial charge in [-0.05, 0) is 36.4 Å². The fraction of sp³-hybridized carbons (Fsp3) is 0.529. The molecule has 0 spiro atoms. The van der Waals surface area contributed by atoms with Crippen LogP contribution < -0.4 is 5.32 Å². The Bertz CT molecular complexity index is 381. The highest BCUT2D eigenvalue weighted by Gasteiger charge is 2.15. The van der Waals surface area contributed by atoms with Gasteiger partial charge in [-0.1, -0.05) is 64.1 Å². The van der Waals surface area contributed by atoms with Crippen LogP contribution in [0.15, 0.2) is 36.4 Å². The molecule has 0 heterocycles. The molecule has 0 radical (unpaired) electrons. The molecule has 0 aromatic heterocycles. The van der Waals surface area contributed by atoms with Crippen LogP contribution in [0, 0.1) is 0 Å². The van der Waals surface area contributed by atoms with Crippen LogP contribution >= 0.6 is 0 Å². The van der Waals surface area contributed by atoms with Crippen molar-refractivity contribution in [3.05, 3.63) is 47.5 Å². The molecule has 18 heavy (non-hydrogen) atoms. The monoisotopic (exact) mass is 245 g/mol. The van der Waals surface area contributed by atoms with Crippen LogP contribution in [0.1, 0.15) is 57.7 Å². The van der Waals surface area contributed by atoms with E-state index in [1.807, 2.05) is 7.05 Å². The van der Waals surface area contributed by atoms with Crippen molar-refractivity contribution in [2.45, 2.75) is 52.0 Å². The summed E-state index contributed by atoms with van der Waals surface area (Å²) in [6.07, 6.45) is 2.07. The van der Waals surface area contributed by atoms with E-state index in [1.54, 1.807) is 0 Å². The molecule has 0 saturated heterocycles. The van der Waals surface area contributed by atoms with Crippen molar-refractivity contribution in [2.75, 3.05) is 7.05 Å². The van der Waals surface area contributed by atoms with Gasteiger partial charge in [0.2, 0.25) is 0 Å². The second-order valence-electron chi connectivity index (χ2n) is 6.02. The molecule has 0 bridgehead atoms. The van der Waals surface area contributed by atoms with Gasteiger partial charge < -0.3 is 5.32 Å². The Morgan fingerprint density at radius 2 is 1.78 bits per heavy atom. The average molecular weight is 245 g/mol. The third kappa shape index (κ3) is 3.99. The van der Waals surface area contributed by atoms with Gasteiger partial charge in [0, 0.05) is 6.04 Å². The summed E-state index contributed by atoms with van der Waals surface area (Å²) in [7, 11) is 2.02. The fourth-order valence-corrected chi connectivity index (χ4v) is 2.04. The van der Waals surface area contributed by atoms with Crippen LogP contribution in [-0.2, 0) is 5.41 Å². The van der Waals surface area contributed by atoms with Crippen LogP contribution in [0.5, 0.6) is 0 Å². The topological polar surface area (TPSA) is 12.0 Å². The van der Waals surface area contributed by atoms with Crippen molar-refractivity contribution in [2.24, 2.45) is 0 Å². The Morgan fingerprint density at radius 3 is 2.17 bits per heavy atom. The van der Waals surface area contributed by atoms with Crippen molar-refractivity contribution < 1.29 is 0 Å². The zero-order valence-electron chi connectivity index (χ0n) is 12.5. The van der Waals surface area contributed by atoms with E-state index in [-0.39, 0.29) is 5.41 Å².